The summed E-state index contributed by atoms with van der Waals surface area (Å²) in [6.07, 6.45) is 6.12. The molecule has 2 rings (SSSR count). The zero-order valence-electron chi connectivity index (χ0n) is 12.2. The Labute approximate surface area is 114 Å². The smallest absolute Gasteiger partial charge is 0.0840 e. The Balaban J connectivity index is 2.36. The van der Waals surface area contributed by atoms with Gasteiger partial charge in [-0.25, -0.2) is 0 Å². The number of nitrogens with one attached hydrogen (secondary N) is 1. The maximum absolute atomic E-state index is 4.54. The summed E-state index contributed by atoms with van der Waals surface area (Å²) < 4.78 is 3.73. The third-order valence-electron chi connectivity index (χ3n) is 3.21. The minimum absolute atomic E-state index is 0.129. The average Bonchev–Trinajstić information content (AvgIpc) is 2.97. The summed E-state index contributed by atoms with van der Waals surface area (Å²) in [5, 5.41) is 12.6. The predicted octanol–water partition coefficient (Wildman–Crippen LogP) is 1.80. The SMILES string of the molecule is CCCNC(c1ccn(C)n1)c1cn(C)nc1CC. The molecule has 0 aliphatic rings. The molecule has 1 atom stereocenters. The maximum Gasteiger partial charge on any atom is 0.0840 e. The Morgan fingerprint density at radius 1 is 1.21 bits per heavy atom. The van der Waals surface area contributed by atoms with Gasteiger partial charge >= 0.3 is 0 Å². The molecule has 1 unspecified atom stereocenters. The second-order valence-electron chi connectivity index (χ2n) is 4.86. The van der Waals surface area contributed by atoms with Gasteiger partial charge in [0.25, 0.3) is 0 Å². The first-order valence-corrected chi connectivity index (χ1v) is 6.91. The Hall–Kier alpha value is -1.62. The molecule has 5 heteroatoms. The quantitative estimate of drug-likeness (QED) is 0.862. The summed E-state index contributed by atoms with van der Waals surface area (Å²) in [5.74, 6) is 0. The molecule has 0 aliphatic carbocycles. The van der Waals surface area contributed by atoms with E-state index in [0.29, 0.717) is 0 Å². The third kappa shape index (κ3) is 3.04. The first-order valence-electron chi connectivity index (χ1n) is 6.91. The number of aryl methyl sites for hydroxylation is 3. The highest BCUT2D eigenvalue weighted by atomic mass is 15.3. The van der Waals surface area contributed by atoms with Crippen LogP contribution in [-0.2, 0) is 20.5 Å². The zero-order valence-corrected chi connectivity index (χ0v) is 12.2. The van der Waals surface area contributed by atoms with E-state index in [0.717, 1.165) is 30.8 Å². The molecule has 0 aromatic carbocycles. The van der Waals surface area contributed by atoms with Gasteiger partial charge in [-0.05, 0) is 25.5 Å². The number of nitrogens with zero attached hydrogens (tertiary/aromatic N) is 4. The average molecular weight is 261 g/mol. The van der Waals surface area contributed by atoms with Crippen molar-refractivity contribution in [3.05, 3.63) is 35.4 Å². The van der Waals surface area contributed by atoms with Crippen LogP contribution in [0.3, 0.4) is 0 Å². The predicted molar refractivity (Wildman–Crippen MR) is 75.9 cm³/mol. The third-order valence-corrected chi connectivity index (χ3v) is 3.21. The van der Waals surface area contributed by atoms with E-state index in [1.54, 1.807) is 0 Å². The minimum Gasteiger partial charge on any atom is -0.305 e. The van der Waals surface area contributed by atoms with Gasteiger partial charge in [0.15, 0.2) is 0 Å². The Morgan fingerprint density at radius 2 is 2.00 bits per heavy atom. The van der Waals surface area contributed by atoms with Crippen molar-refractivity contribution < 1.29 is 0 Å². The van der Waals surface area contributed by atoms with Gasteiger partial charge in [0.2, 0.25) is 0 Å². The van der Waals surface area contributed by atoms with E-state index in [2.05, 4.69) is 41.6 Å². The van der Waals surface area contributed by atoms with E-state index in [1.807, 2.05) is 29.7 Å². The molecule has 0 bridgehead atoms. The fraction of sp³-hybridized carbons (Fsp3) is 0.571. The van der Waals surface area contributed by atoms with Crippen molar-refractivity contribution in [2.24, 2.45) is 14.1 Å². The molecular weight excluding hydrogens is 238 g/mol. The monoisotopic (exact) mass is 261 g/mol. The molecule has 0 spiro atoms. The Kier molecular flexibility index (Phi) is 4.37. The summed E-state index contributed by atoms with van der Waals surface area (Å²) in [4.78, 5) is 0. The zero-order chi connectivity index (χ0) is 13.8. The van der Waals surface area contributed by atoms with E-state index in [-0.39, 0.29) is 6.04 Å². The van der Waals surface area contributed by atoms with Crippen molar-refractivity contribution in [2.45, 2.75) is 32.7 Å². The van der Waals surface area contributed by atoms with Crippen LogP contribution >= 0.6 is 0 Å². The van der Waals surface area contributed by atoms with Gasteiger partial charge < -0.3 is 5.32 Å². The van der Waals surface area contributed by atoms with Crippen LogP contribution in [0.25, 0.3) is 0 Å². The highest BCUT2D eigenvalue weighted by Gasteiger charge is 2.21. The van der Waals surface area contributed by atoms with Gasteiger partial charge in [-0.2, -0.15) is 10.2 Å². The van der Waals surface area contributed by atoms with Gasteiger partial charge in [0.05, 0.1) is 17.4 Å². The van der Waals surface area contributed by atoms with E-state index in [4.69, 9.17) is 0 Å². The molecule has 0 aliphatic heterocycles. The molecule has 19 heavy (non-hydrogen) atoms. The van der Waals surface area contributed by atoms with Crippen LogP contribution in [0, 0.1) is 0 Å². The van der Waals surface area contributed by atoms with Crippen LogP contribution in [0.4, 0.5) is 0 Å². The molecular formula is C14H23N5. The van der Waals surface area contributed by atoms with Crippen LogP contribution in [-0.4, -0.2) is 26.1 Å². The lowest BCUT2D eigenvalue weighted by Crippen LogP contribution is -2.24. The van der Waals surface area contributed by atoms with Crippen molar-refractivity contribution >= 4 is 0 Å². The summed E-state index contributed by atoms with van der Waals surface area (Å²) >= 11 is 0. The van der Waals surface area contributed by atoms with Crippen LogP contribution in [0.2, 0.25) is 0 Å². The second-order valence-corrected chi connectivity index (χ2v) is 4.86. The molecule has 0 radical (unpaired) electrons. The molecule has 0 fully saturated rings. The molecule has 104 valence electrons. The first kappa shape index (κ1) is 13.8. The van der Waals surface area contributed by atoms with Crippen molar-refractivity contribution in [3.63, 3.8) is 0 Å². The topological polar surface area (TPSA) is 47.7 Å². The highest BCUT2D eigenvalue weighted by Crippen LogP contribution is 2.23. The van der Waals surface area contributed by atoms with Crippen molar-refractivity contribution in [1.82, 2.24) is 24.9 Å². The van der Waals surface area contributed by atoms with Gasteiger partial charge in [0.1, 0.15) is 0 Å². The lowest BCUT2D eigenvalue weighted by Gasteiger charge is -2.16. The molecule has 2 aromatic heterocycles. The molecule has 1 N–H and O–H groups in total. The van der Waals surface area contributed by atoms with Crippen LogP contribution in [0.5, 0.6) is 0 Å². The molecule has 0 amide bonds. The fourth-order valence-electron chi connectivity index (χ4n) is 2.32. The highest BCUT2D eigenvalue weighted by molar-refractivity contribution is 5.29. The number of rotatable bonds is 6. The largest absolute Gasteiger partial charge is 0.305 e. The van der Waals surface area contributed by atoms with Gasteiger partial charge in [-0.3, -0.25) is 9.36 Å². The number of aromatic nitrogens is 4. The molecule has 0 saturated heterocycles. The normalized spacial score (nSPS) is 12.8. The molecule has 2 heterocycles. The molecule has 0 saturated carbocycles. The van der Waals surface area contributed by atoms with E-state index < -0.39 is 0 Å². The van der Waals surface area contributed by atoms with E-state index >= 15 is 0 Å². The Bertz CT molecular complexity index is 526. The summed E-state index contributed by atoms with van der Waals surface area (Å²) in [6, 6.07) is 2.20. The molecule has 5 nitrogen and oxygen atoms in total. The summed E-state index contributed by atoms with van der Waals surface area (Å²) in [5.41, 5.74) is 3.43. The number of hydrogen-bond acceptors (Lipinski definition) is 3. The van der Waals surface area contributed by atoms with Crippen molar-refractivity contribution in [1.29, 1.82) is 0 Å². The summed E-state index contributed by atoms with van der Waals surface area (Å²) in [7, 11) is 3.92. The van der Waals surface area contributed by atoms with Gasteiger partial charge in [-0.1, -0.05) is 13.8 Å². The fourth-order valence-corrected chi connectivity index (χ4v) is 2.32. The lowest BCUT2D eigenvalue weighted by molar-refractivity contribution is 0.572. The van der Waals surface area contributed by atoms with Crippen LogP contribution < -0.4 is 5.32 Å². The van der Waals surface area contributed by atoms with E-state index in [1.165, 1.54) is 5.56 Å². The maximum atomic E-state index is 4.54. The van der Waals surface area contributed by atoms with Crippen LogP contribution in [0.1, 0.15) is 43.3 Å². The standard InChI is InChI=1S/C14H23N5/c1-5-8-15-14(13-7-9-18(3)17-13)11-10-19(4)16-12(11)6-2/h7,9-10,14-15H,5-6,8H2,1-4H3. The van der Waals surface area contributed by atoms with Crippen molar-refractivity contribution in [2.75, 3.05) is 6.54 Å². The minimum atomic E-state index is 0.129. The van der Waals surface area contributed by atoms with E-state index in [9.17, 15) is 0 Å². The van der Waals surface area contributed by atoms with Crippen molar-refractivity contribution in [3.8, 4) is 0 Å². The number of hydrogen-bond donors (Lipinski definition) is 1. The summed E-state index contributed by atoms with van der Waals surface area (Å²) in [6.45, 7) is 5.28. The Morgan fingerprint density at radius 3 is 2.58 bits per heavy atom. The van der Waals surface area contributed by atoms with Crippen LogP contribution in [0.15, 0.2) is 18.5 Å². The lowest BCUT2D eigenvalue weighted by atomic mass is 10.0. The molecule has 2 aromatic rings. The van der Waals surface area contributed by atoms with Gasteiger partial charge in [0, 0.05) is 32.1 Å². The first-order chi connectivity index (χ1) is 9.15. The second kappa shape index (κ2) is 6.02. The van der Waals surface area contributed by atoms with Gasteiger partial charge in [-0.15, -0.1) is 0 Å².